The summed E-state index contributed by atoms with van der Waals surface area (Å²) in [6, 6.07) is 15.9. The molecule has 1 aromatic heterocycles. The molecule has 0 aliphatic carbocycles. The van der Waals surface area contributed by atoms with E-state index in [1.807, 2.05) is 49.4 Å². The second-order valence-corrected chi connectivity index (χ2v) is 5.90. The molecule has 1 heterocycles. The topological polar surface area (TPSA) is 44.9 Å². The summed E-state index contributed by atoms with van der Waals surface area (Å²) in [6.07, 6.45) is 0. The predicted octanol–water partition coefficient (Wildman–Crippen LogP) is 4.85. The molecule has 0 spiro atoms. The first-order valence-electron chi connectivity index (χ1n) is 7.55. The number of anilines is 1. The molecule has 0 aliphatic heterocycles. The van der Waals surface area contributed by atoms with Crippen LogP contribution in [0.2, 0.25) is 0 Å². The van der Waals surface area contributed by atoms with Gasteiger partial charge in [-0.1, -0.05) is 44.2 Å². The highest BCUT2D eigenvalue weighted by molar-refractivity contribution is 6.13. The minimum Gasteiger partial charge on any atom is -0.358 e. The Morgan fingerprint density at radius 1 is 1.09 bits per heavy atom. The number of H-pyrrole nitrogens is 1. The summed E-state index contributed by atoms with van der Waals surface area (Å²) in [6.45, 7) is 6.22. The maximum absolute atomic E-state index is 12.7. The Labute approximate surface area is 130 Å². The lowest BCUT2D eigenvalue weighted by Crippen LogP contribution is -2.13. The molecule has 0 radical (unpaired) electrons. The van der Waals surface area contributed by atoms with Crippen LogP contribution in [0.25, 0.3) is 10.9 Å². The number of rotatable bonds is 3. The summed E-state index contributed by atoms with van der Waals surface area (Å²) in [5, 5.41) is 3.97. The molecule has 112 valence electrons. The number of nitrogens with one attached hydrogen (secondary N) is 2. The van der Waals surface area contributed by atoms with Crippen molar-refractivity contribution < 1.29 is 4.79 Å². The van der Waals surface area contributed by atoms with E-state index in [1.165, 1.54) is 5.56 Å². The Kier molecular flexibility index (Phi) is 3.72. The summed E-state index contributed by atoms with van der Waals surface area (Å²) < 4.78 is 0. The fraction of sp³-hybridized carbons (Fsp3) is 0.211. The molecule has 22 heavy (non-hydrogen) atoms. The number of hydrogen-bond donors (Lipinski definition) is 2. The van der Waals surface area contributed by atoms with Crippen LogP contribution in [-0.4, -0.2) is 10.9 Å². The van der Waals surface area contributed by atoms with Crippen LogP contribution in [0.5, 0.6) is 0 Å². The van der Waals surface area contributed by atoms with Gasteiger partial charge in [0.2, 0.25) is 0 Å². The first-order valence-corrected chi connectivity index (χ1v) is 7.55. The maximum atomic E-state index is 12.7. The molecule has 0 atom stereocenters. The Bertz CT molecular complexity index is 830. The smallest absolute Gasteiger partial charge is 0.258 e. The molecule has 0 unspecified atom stereocenters. The van der Waals surface area contributed by atoms with Crippen molar-refractivity contribution >= 4 is 22.5 Å². The van der Waals surface area contributed by atoms with Gasteiger partial charge in [0.05, 0.1) is 5.56 Å². The number of aromatic amines is 1. The van der Waals surface area contributed by atoms with Gasteiger partial charge < -0.3 is 10.3 Å². The molecule has 0 saturated carbocycles. The number of para-hydroxylation sites is 1. The van der Waals surface area contributed by atoms with Gasteiger partial charge in [0.15, 0.2) is 0 Å². The van der Waals surface area contributed by atoms with Crippen molar-refractivity contribution in [3.63, 3.8) is 0 Å². The summed E-state index contributed by atoms with van der Waals surface area (Å²) in [5.74, 6) is 0.363. The van der Waals surface area contributed by atoms with Gasteiger partial charge in [-0.3, -0.25) is 4.79 Å². The molecule has 3 heteroatoms. The first kappa shape index (κ1) is 14.4. The number of aromatic nitrogens is 1. The summed E-state index contributed by atoms with van der Waals surface area (Å²) in [5.41, 5.74) is 4.64. The molecular weight excluding hydrogens is 272 g/mol. The van der Waals surface area contributed by atoms with Crippen molar-refractivity contribution in [2.75, 3.05) is 5.32 Å². The van der Waals surface area contributed by atoms with Gasteiger partial charge in [0.25, 0.3) is 5.91 Å². The number of hydrogen-bond acceptors (Lipinski definition) is 1. The molecule has 3 aromatic rings. The highest BCUT2D eigenvalue weighted by atomic mass is 16.1. The van der Waals surface area contributed by atoms with E-state index in [1.54, 1.807) is 0 Å². The molecule has 1 amide bonds. The van der Waals surface area contributed by atoms with Gasteiger partial charge >= 0.3 is 0 Å². The molecule has 0 bridgehead atoms. The molecule has 3 rings (SSSR count). The second-order valence-electron chi connectivity index (χ2n) is 5.90. The summed E-state index contributed by atoms with van der Waals surface area (Å²) in [7, 11) is 0. The number of benzene rings is 2. The van der Waals surface area contributed by atoms with Gasteiger partial charge in [-0.25, -0.2) is 0 Å². The fourth-order valence-corrected chi connectivity index (χ4v) is 2.74. The molecule has 0 aliphatic rings. The number of amides is 1. The summed E-state index contributed by atoms with van der Waals surface area (Å²) >= 11 is 0. The number of aryl methyl sites for hydroxylation is 1. The minimum atomic E-state index is -0.0733. The van der Waals surface area contributed by atoms with E-state index in [0.717, 1.165) is 22.3 Å². The molecule has 3 nitrogen and oxygen atoms in total. The largest absolute Gasteiger partial charge is 0.358 e. The van der Waals surface area contributed by atoms with Gasteiger partial charge in [0.1, 0.15) is 0 Å². The highest BCUT2D eigenvalue weighted by Crippen LogP contribution is 2.24. The molecule has 0 fully saturated rings. The number of fused-ring (bicyclic) bond motifs is 1. The molecule has 2 N–H and O–H groups in total. The van der Waals surface area contributed by atoms with Crippen molar-refractivity contribution in [2.45, 2.75) is 26.7 Å². The van der Waals surface area contributed by atoms with E-state index < -0.39 is 0 Å². The summed E-state index contributed by atoms with van der Waals surface area (Å²) in [4.78, 5) is 15.9. The van der Waals surface area contributed by atoms with E-state index in [2.05, 4.69) is 30.2 Å². The van der Waals surface area contributed by atoms with Crippen molar-refractivity contribution in [3.8, 4) is 0 Å². The standard InChI is InChI=1S/C19H20N2O/c1-12(2)14-7-6-8-15(11-14)21-19(22)18-13(3)20-17-10-5-4-9-16(17)18/h4-12,20H,1-3H3,(H,21,22). The molecule has 0 saturated heterocycles. The second kappa shape index (κ2) is 5.68. The van der Waals surface area contributed by atoms with Crippen LogP contribution in [0.15, 0.2) is 48.5 Å². The third-order valence-electron chi connectivity index (χ3n) is 3.93. The molecular formula is C19H20N2O. The maximum Gasteiger partial charge on any atom is 0.258 e. The Morgan fingerprint density at radius 3 is 2.64 bits per heavy atom. The van der Waals surface area contributed by atoms with Crippen LogP contribution in [0.3, 0.4) is 0 Å². The lowest BCUT2D eigenvalue weighted by Gasteiger charge is -2.09. The zero-order chi connectivity index (χ0) is 15.7. The van der Waals surface area contributed by atoms with E-state index in [-0.39, 0.29) is 5.91 Å². The lowest BCUT2D eigenvalue weighted by molar-refractivity contribution is 0.102. The average molecular weight is 292 g/mol. The number of carbonyl (C=O) groups is 1. The highest BCUT2D eigenvalue weighted by Gasteiger charge is 2.16. The lowest BCUT2D eigenvalue weighted by atomic mass is 10.0. The van der Waals surface area contributed by atoms with Crippen LogP contribution in [-0.2, 0) is 0 Å². The van der Waals surface area contributed by atoms with E-state index in [9.17, 15) is 4.79 Å². The van der Waals surface area contributed by atoms with Crippen molar-refractivity contribution in [2.24, 2.45) is 0 Å². The fourth-order valence-electron chi connectivity index (χ4n) is 2.74. The minimum absolute atomic E-state index is 0.0733. The first-order chi connectivity index (χ1) is 10.6. The van der Waals surface area contributed by atoms with Crippen LogP contribution in [0.1, 0.15) is 41.4 Å². The van der Waals surface area contributed by atoms with Crippen LogP contribution in [0.4, 0.5) is 5.69 Å². The van der Waals surface area contributed by atoms with Crippen molar-refractivity contribution in [3.05, 3.63) is 65.4 Å². The Hall–Kier alpha value is -2.55. The van der Waals surface area contributed by atoms with Crippen LogP contribution in [0, 0.1) is 6.92 Å². The van der Waals surface area contributed by atoms with Crippen LogP contribution >= 0.6 is 0 Å². The Balaban J connectivity index is 1.94. The van der Waals surface area contributed by atoms with E-state index in [4.69, 9.17) is 0 Å². The number of carbonyl (C=O) groups excluding carboxylic acids is 1. The van der Waals surface area contributed by atoms with Gasteiger partial charge in [0, 0.05) is 22.3 Å². The average Bonchev–Trinajstić information content (AvgIpc) is 2.83. The zero-order valence-electron chi connectivity index (χ0n) is 13.1. The van der Waals surface area contributed by atoms with Crippen LogP contribution < -0.4 is 5.32 Å². The quantitative estimate of drug-likeness (QED) is 0.712. The SMILES string of the molecule is Cc1[nH]c2ccccc2c1C(=O)Nc1cccc(C(C)C)c1. The van der Waals surface area contributed by atoms with Gasteiger partial charge in [-0.2, -0.15) is 0 Å². The van der Waals surface area contributed by atoms with Crippen molar-refractivity contribution in [1.82, 2.24) is 4.98 Å². The Morgan fingerprint density at radius 2 is 1.86 bits per heavy atom. The third kappa shape index (κ3) is 2.62. The monoisotopic (exact) mass is 292 g/mol. The zero-order valence-corrected chi connectivity index (χ0v) is 13.1. The predicted molar refractivity (Wildman–Crippen MR) is 91.5 cm³/mol. The van der Waals surface area contributed by atoms with E-state index in [0.29, 0.717) is 11.5 Å². The van der Waals surface area contributed by atoms with Gasteiger partial charge in [-0.05, 0) is 36.6 Å². The third-order valence-corrected chi connectivity index (χ3v) is 3.93. The van der Waals surface area contributed by atoms with E-state index >= 15 is 0 Å². The van der Waals surface area contributed by atoms with Crippen molar-refractivity contribution in [1.29, 1.82) is 0 Å². The normalized spacial score (nSPS) is 11.1. The molecule has 2 aromatic carbocycles. The van der Waals surface area contributed by atoms with Gasteiger partial charge in [-0.15, -0.1) is 0 Å².